The molecular formula is C18H24N2O5. The van der Waals surface area contributed by atoms with E-state index < -0.39 is 18.1 Å². The van der Waals surface area contributed by atoms with Crippen molar-refractivity contribution >= 4 is 17.8 Å². The van der Waals surface area contributed by atoms with Gasteiger partial charge in [-0.1, -0.05) is 29.8 Å². The third-order valence-electron chi connectivity index (χ3n) is 4.44. The van der Waals surface area contributed by atoms with Crippen LogP contribution in [0.1, 0.15) is 36.9 Å². The zero-order chi connectivity index (χ0) is 18.6. The number of hydrogen-bond donors (Lipinski definition) is 2. The number of nitrogens with one attached hydrogen (secondary N) is 1. The Bertz CT molecular complexity index is 643. The fourth-order valence-electron chi connectivity index (χ4n) is 3.07. The van der Waals surface area contributed by atoms with Crippen molar-refractivity contribution in [2.24, 2.45) is 0 Å². The van der Waals surface area contributed by atoms with Gasteiger partial charge in [0.25, 0.3) is 0 Å². The van der Waals surface area contributed by atoms with E-state index in [2.05, 4.69) is 5.32 Å². The molecule has 1 fully saturated rings. The summed E-state index contributed by atoms with van der Waals surface area (Å²) in [6.07, 6.45) is -0.0147. The molecule has 2 amide bonds. The van der Waals surface area contributed by atoms with Crippen molar-refractivity contribution in [1.29, 1.82) is 0 Å². The van der Waals surface area contributed by atoms with E-state index in [1.165, 1.54) is 18.9 Å². The molecule has 0 saturated carbocycles. The molecule has 3 atom stereocenters. The Balaban J connectivity index is 2.16. The number of carboxylic acids is 1. The highest BCUT2D eigenvalue weighted by Gasteiger charge is 2.40. The summed E-state index contributed by atoms with van der Waals surface area (Å²) in [5.74, 6) is -1.60. The van der Waals surface area contributed by atoms with Crippen molar-refractivity contribution in [1.82, 2.24) is 10.2 Å². The maximum Gasteiger partial charge on any atom is 0.326 e. The van der Waals surface area contributed by atoms with Gasteiger partial charge in [-0.15, -0.1) is 0 Å². The van der Waals surface area contributed by atoms with Crippen LogP contribution in [0.5, 0.6) is 0 Å². The minimum absolute atomic E-state index is 0.00283. The van der Waals surface area contributed by atoms with Gasteiger partial charge in [-0.2, -0.15) is 0 Å². The number of hydrogen-bond acceptors (Lipinski definition) is 4. The minimum Gasteiger partial charge on any atom is -0.480 e. The van der Waals surface area contributed by atoms with E-state index in [9.17, 15) is 19.5 Å². The lowest BCUT2D eigenvalue weighted by molar-refractivity contribution is -0.148. The molecule has 1 aromatic rings. The fourth-order valence-corrected chi connectivity index (χ4v) is 3.07. The van der Waals surface area contributed by atoms with E-state index in [1.54, 1.807) is 0 Å². The van der Waals surface area contributed by atoms with Gasteiger partial charge in [0.1, 0.15) is 6.04 Å². The van der Waals surface area contributed by atoms with Crippen LogP contribution in [0.15, 0.2) is 24.3 Å². The molecule has 0 spiro atoms. The van der Waals surface area contributed by atoms with E-state index in [4.69, 9.17) is 4.74 Å². The monoisotopic (exact) mass is 348 g/mol. The second-order valence-electron chi connectivity index (χ2n) is 6.36. The fraction of sp³-hybridized carbons (Fsp3) is 0.500. The summed E-state index contributed by atoms with van der Waals surface area (Å²) in [6.45, 7) is 3.59. The number of nitrogens with zero attached hydrogens (tertiary/aromatic N) is 1. The lowest BCUT2D eigenvalue weighted by atomic mass is 10.0. The van der Waals surface area contributed by atoms with Crippen molar-refractivity contribution in [2.75, 3.05) is 13.7 Å². The molecule has 1 heterocycles. The summed E-state index contributed by atoms with van der Waals surface area (Å²) >= 11 is 0. The molecule has 25 heavy (non-hydrogen) atoms. The number of aryl methyl sites for hydroxylation is 1. The van der Waals surface area contributed by atoms with Crippen molar-refractivity contribution < 1.29 is 24.2 Å². The highest BCUT2D eigenvalue weighted by atomic mass is 16.5. The summed E-state index contributed by atoms with van der Waals surface area (Å²) in [7, 11) is 1.50. The Morgan fingerprint density at radius 1 is 1.32 bits per heavy atom. The Labute approximate surface area is 147 Å². The molecule has 0 radical (unpaired) electrons. The third-order valence-corrected chi connectivity index (χ3v) is 4.44. The molecule has 2 rings (SSSR count). The van der Waals surface area contributed by atoms with Gasteiger partial charge in [0.15, 0.2) is 0 Å². The summed E-state index contributed by atoms with van der Waals surface area (Å²) in [4.78, 5) is 37.0. The van der Waals surface area contributed by atoms with Crippen LogP contribution in [0, 0.1) is 6.92 Å². The number of benzene rings is 1. The lowest BCUT2D eigenvalue weighted by Crippen LogP contribution is -2.42. The molecule has 0 aliphatic carbocycles. The predicted octanol–water partition coefficient (Wildman–Crippen LogP) is 1.26. The molecule has 3 unspecified atom stereocenters. The standard InChI is InChI=1S/C18H24N2O5/c1-11-4-6-13(7-5-11)15(19-12(2)21)9-17(22)20-10-14(25-3)8-16(20)18(23)24/h4-7,14-16H,8-10H2,1-3H3,(H,19,21)(H,23,24). The normalized spacial score (nSPS) is 21.0. The number of carbonyl (C=O) groups is 3. The Kier molecular flexibility index (Phi) is 6.14. The number of methoxy groups -OCH3 is 1. The van der Waals surface area contributed by atoms with Crippen LogP contribution in [0.2, 0.25) is 0 Å². The number of carboxylic acid groups (broad SMARTS) is 1. The molecule has 1 saturated heterocycles. The number of amides is 2. The number of likely N-dealkylation sites (tertiary alicyclic amines) is 1. The first-order valence-corrected chi connectivity index (χ1v) is 8.20. The summed E-state index contributed by atoms with van der Waals surface area (Å²) in [5.41, 5.74) is 1.88. The quantitative estimate of drug-likeness (QED) is 0.807. The van der Waals surface area contributed by atoms with Crippen molar-refractivity contribution in [3.05, 3.63) is 35.4 Å². The highest BCUT2D eigenvalue weighted by molar-refractivity contribution is 5.85. The topological polar surface area (TPSA) is 95.9 Å². The zero-order valence-corrected chi connectivity index (χ0v) is 14.7. The molecule has 1 aliphatic rings. The van der Waals surface area contributed by atoms with Gasteiger partial charge in [-0.25, -0.2) is 4.79 Å². The van der Waals surface area contributed by atoms with Gasteiger partial charge in [-0.3, -0.25) is 9.59 Å². The van der Waals surface area contributed by atoms with E-state index in [-0.39, 0.29) is 37.3 Å². The maximum absolute atomic E-state index is 12.7. The van der Waals surface area contributed by atoms with Crippen molar-refractivity contribution in [3.63, 3.8) is 0 Å². The second-order valence-corrected chi connectivity index (χ2v) is 6.36. The van der Waals surface area contributed by atoms with Gasteiger partial charge in [0, 0.05) is 27.0 Å². The van der Waals surface area contributed by atoms with Gasteiger partial charge in [0.05, 0.1) is 18.6 Å². The smallest absolute Gasteiger partial charge is 0.326 e. The van der Waals surface area contributed by atoms with Crippen LogP contribution in [-0.4, -0.2) is 53.6 Å². The Morgan fingerprint density at radius 3 is 2.48 bits per heavy atom. The Hall–Kier alpha value is -2.41. The average molecular weight is 348 g/mol. The molecule has 1 aliphatic heterocycles. The van der Waals surface area contributed by atoms with Crippen LogP contribution in [0.4, 0.5) is 0 Å². The van der Waals surface area contributed by atoms with E-state index in [1.807, 2.05) is 31.2 Å². The van der Waals surface area contributed by atoms with E-state index in [0.717, 1.165) is 11.1 Å². The van der Waals surface area contributed by atoms with Gasteiger partial charge < -0.3 is 20.1 Å². The van der Waals surface area contributed by atoms with Crippen LogP contribution in [0.25, 0.3) is 0 Å². The highest BCUT2D eigenvalue weighted by Crippen LogP contribution is 2.25. The Morgan fingerprint density at radius 2 is 1.96 bits per heavy atom. The van der Waals surface area contributed by atoms with Crippen LogP contribution >= 0.6 is 0 Å². The second kappa shape index (κ2) is 8.11. The summed E-state index contributed by atoms with van der Waals surface area (Å²) in [6, 6.07) is 6.14. The lowest BCUT2D eigenvalue weighted by Gasteiger charge is -2.25. The van der Waals surface area contributed by atoms with Crippen LogP contribution < -0.4 is 5.32 Å². The molecule has 0 aromatic heterocycles. The molecule has 2 N–H and O–H groups in total. The van der Waals surface area contributed by atoms with E-state index >= 15 is 0 Å². The molecule has 1 aromatic carbocycles. The molecule has 0 bridgehead atoms. The van der Waals surface area contributed by atoms with Gasteiger partial charge in [-0.05, 0) is 12.5 Å². The third kappa shape index (κ3) is 4.79. The average Bonchev–Trinajstić information content (AvgIpc) is 2.99. The largest absolute Gasteiger partial charge is 0.480 e. The first kappa shape index (κ1) is 18.9. The zero-order valence-electron chi connectivity index (χ0n) is 14.7. The van der Waals surface area contributed by atoms with Crippen molar-refractivity contribution in [3.8, 4) is 0 Å². The van der Waals surface area contributed by atoms with Gasteiger partial charge >= 0.3 is 5.97 Å². The molecule has 136 valence electrons. The van der Waals surface area contributed by atoms with Crippen molar-refractivity contribution in [2.45, 2.75) is 44.9 Å². The van der Waals surface area contributed by atoms with Gasteiger partial charge in [0.2, 0.25) is 11.8 Å². The predicted molar refractivity (Wildman–Crippen MR) is 90.9 cm³/mol. The molecule has 7 nitrogen and oxygen atoms in total. The first-order chi connectivity index (χ1) is 11.8. The summed E-state index contributed by atoms with van der Waals surface area (Å²) < 4.78 is 5.21. The number of ether oxygens (including phenoxy) is 1. The molecular weight excluding hydrogens is 324 g/mol. The van der Waals surface area contributed by atoms with Crippen LogP contribution in [0.3, 0.4) is 0 Å². The van der Waals surface area contributed by atoms with E-state index in [0.29, 0.717) is 0 Å². The number of aliphatic carboxylic acids is 1. The molecule has 7 heteroatoms. The maximum atomic E-state index is 12.7. The summed E-state index contributed by atoms with van der Waals surface area (Å²) in [5, 5.41) is 12.1. The van der Waals surface area contributed by atoms with Crippen LogP contribution in [-0.2, 0) is 19.1 Å². The minimum atomic E-state index is -1.04. The number of carbonyl (C=O) groups excluding carboxylic acids is 2. The SMILES string of the molecule is COC1CC(C(=O)O)N(C(=O)CC(NC(C)=O)c2ccc(C)cc2)C1. The first-order valence-electron chi connectivity index (χ1n) is 8.20. The number of rotatable bonds is 6.